The maximum atomic E-state index is 12.7. The topological polar surface area (TPSA) is 74.8 Å². The molecule has 0 bridgehead atoms. The van der Waals surface area contributed by atoms with Gasteiger partial charge < -0.3 is 0 Å². The van der Waals surface area contributed by atoms with E-state index >= 15 is 0 Å². The molecule has 0 aliphatic carbocycles. The molecule has 23 heavy (non-hydrogen) atoms. The summed E-state index contributed by atoms with van der Waals surface area (Å²) in [4.78, 5) is 2.21. The van der Waals surface area contributed by atoms with Gasteiger partial charge >= 0.3 is 0 Å². The van der Waals surface area contributed by atoms with Crippen LogP contribution < -0.4 is 0 Å². The second kappa shape index (κ2) is 6.33. The first-order valence-corrected chi connectivity index (χ1v) is 11.1. The van der Waals surface area contributed by atoms with Crippen LogP contribution in [0.1, 0.15) is 6.42 Å². The third kappa shape index (κ3) is 3.56. The SMILES string of the molecule is O=S1(=O)CCC(N2CCN(S(=O)(=O)c3ccccc3Cl)CC2)C1. The molecule has 0 N–H and O–H groups in total. The average Bonchev–Trinajstić information content (AvgIpc) is 2.88. The van der Waals surface area contributed by atoms with Crippen molar-refractivity contribution < 1.29 is 16.8 Å². The quantitative estimate of drug-likeness (QED) is 0.778. The highest BCUT2D eigenvalue weighted by atomic mass is 35.5. The Morgan fingerprint density at radius 2 is 1.74 bits per heavy atom. The third-order valence-electron chi connectivity index (χ3n) is 4.45. The van der Waals surface area contributed by atoms with E-state index in [4.69, 9.17) is 11.6 Å². The Hall–Kier alpha value is -0.670. The molecule has 2 aliphatic rings. The fourth-order valence-corrected chi connectivity index (χ4v) is 6.84. The smallest absolute Gasteiger partial charge is 0.244 e. The van der Waals surface area contributed by atoms with E-state index in [1.165, 1.54) is 10.4 Å². The summed E-state index contributed by atoms with van der Waals surface area (Å²) in [6.07, 6.45) is 0.638. The summed E-state index contributed by atoms with van der Waals surface area (Å²) in [6.45, 7) is 1.79. The minimum atomic E-state index is -3.61. The molecule has 6 nitrogen and oxygen atoms in total. The van der Waals surface area contributed by atoms with Gasteiger partial charge in [-0.05, 0) is 18.6 Å². The highest BCUT2D eigenvalue weighted by Gasteiger charge is 2.36. The van der Waals surface area contributed by atoms with Gasteiger partial charge in [-0.15, -0.1) is 0 Å². The zero-order valence-electron chi connectivity index (χ0n) is 12.6. The van der Waals surface area contributed by atoms with E-state index in [0.717, 1.165) is 0 Å². The number of benzene rings is 1. The normalized spacial score (nSPS) is 26.4. The van der Waals surface area contributed by atoms with Crippen molar-refractivity contribution in [2.45, 2.75) is 17.4 Å². The number of sulfone groups is 1. The minimum absolute atomic E-state index is 0.0187. The van der Waals surface area contributed by atoms with Gasteiger partial charge in [-0.3, -0.25) is 4.90 Å². The lowest BCUT2D eigenvalue weighted by molar-refractivity contribution is 0.148. The second-order valence-corrected chi connectivity index (χ2v) is 10.5. The molecule has 128 valence electrons. The summed E-state index contributed by atoms with van der Waals surface area (Å²) >= 11 is 6.01. The van der Waals surface area contributed by atoms with E-state index in [-0.39, 0.29) is 27.5 Å². The fraction of sp³-hybridized carbons (Fsp3) is 0.571. The minimum Gasteiger partial charge on any atom is -0.297 e. The van der Waals surface area contributed by atoms with Gasteiger partial charge in [0.1, 0.15) is 4.90 Å². The summed E-state index contributed by atoms with van der Waals surface area (Å²) < 4.78 is 49.9. The molecular formula is C14H19ClN2O4S2. The Morgan fingerprint density at radius 3 is 2.30 bits per heavy atom. The van der Waals surface area contributed by atoms with Crippen LogP contribution in [0.4, 0.5) is 0 Å². The van der Waals surface area contributed by atoms with Crippen molar-refractivity contribution in [1.29, 1.82) is 0 Å². The van der Waals surface area contributed by atoms with E-state index < -0.39 is 19.9 Å². The van der Waals surface area contributed by atoms with Gasteiger partial charge in [0.25, 0.3) is 0 Å². The molecule has 0 amide bonds. The molecule has 9 heteroatoms. The Bertz CT molecular complexity index is 787. The Labute approximate surface area is 142 Å². The van der Waals surface area contributed by atoms with Crippen molar-refractivity contribution >= 4 is 31.5 Å². The number of hydrogen-bond donors (Lipinski definition) is 0. The van der Waals surface area contributed by atoms with Crippen molar-refractivity contribution in [3.63, 3.8) is 0 Å². The maximum absolute atomic E-state index is 12.7. The first kappa shape index (κ1) is 17.2. The van der Waals surface area contributed by atoms with Crippen LogP contribution in [0.15, 0.2) is 29.2 Å². The van der Waals surface area contributed by atoms with Gasteiger partial charge in [-0.2, -0.15) is 4.31 Å². The lowest BCUT2D eigenvalue weighted by atomic mass is 10.2. The predicted octanol–water partition coefficient (Wildman–Crippen LogP) is 0.833. The monoisotopic (exact) mass is 378 g/mol. The lowest BCUT2D eigenvalue weighted by Crippen LogP contribution is -2.52. The molecular weight excluding hydrogens is 360 g/mol. The molecule has 1 unspecified atom stereocenters. The van der Waals surface area contributed by atoms with Crippen LogP contribution in [0.2, 0.25) is 5.02 Å². The second-order valence-electron chi connectivity index (χ2n) is 5.93. The standard InChI is InChI=1S/C14H19ClN2O4S2/c15-13-3-1-2-4-14(13)23(20,21)17-8-6-16(7-9-17)12-5-10-22(18,19)11-12/h1-4,12H,5-11H2. The molecule has 0 aromatic heterocycles. The highest BCUT2D eigenvalue weighted by molar-refractivity contribution is 7.91. The van der Waals surface area contributed by atoms with E-state index in [0.29, 0.717) is 32.6 Å². The molecule has 2 fully saturated rings. The van der Waals surface area contributed by atoms with Gasteiger partial charge in [0.05, 0.1) is 16.5 Å². The Morgan fingerprint density at radius 1 is 1.09 bits per heavy atom. The van der Waals surface area contributed by atoms with Gasteiger partial charge in [0.2, 0.25) is 10.0 Å². The van der Waals surface area contributed by atoms with Crippen LogP contribution in [-0.2, 0) is 19.9 Å². The third-order valence-corrected chi connectivity index (χ3v) is 8.60. The van der Waals surface area contributed by atoms with Crippen LogP contribution in [0, 0.1) is 0 Å². The fourth-order valence-electron chi connectivity index (χ4n) is 3.17. The molecule has 1 aromatic rings. The van der Waals surface area contributed by atoms with Crippen molar-refractivity contribution in [1.82, 2.24) is 9.21 Å². The zero-order chi connectivity index (χ0) is 16.7. The molecule has 2 aliphatic heterocycles. The number of sulfonamides is 1. The maximum Gasteiger partial charge on any atom is 0.244 e. The molecule has 0 saturated carbocycles. The average molecular weight is 379 g/mol. The highest BCUT2D eigenvalue weighted by Crippen LogP contribution is 2.26. The molecule has 0 radical (unpaired) electrons. The van der Waals surface area contributed by atoms with Crippen molar-refractivity contribution in [2.75, 3.05) is 37.7 Å². The predicted molar refractivity (Wildman–Crippen MR) is 88.8 cm³/mol. The summed E-state index contributed by atoms with van der Waals surface area (Å²) in [5, 5.41) is 0.219. The van der Waals surface area contributed by atoms with Crippen LogP contribution in [0.5, 0.6) is 0 Å². The van der Waals surface area contributed by atoms with Gasteiger partial charge in [0.15, 0.2) is 9.84 Å². The number of halogens is 1. The zero-order valence-corrected chi connectivity index (χ0v) is 14.9. The Balaban J connectivity index is 1.68. The molecule has 2 heterocycles. The first-order chi connectivity index (χ1) is 10.8. The van der Waals surface area contributed by atoms with Gasteiger partial charge in [0, 0.05) is 32.2 Å². The summed E-state index contributed by atoms with van der Waals surface area (Å²) in [7, 11) is -6.53. The van der Waals surface area contributed by atoms with E-state index in [9.17, 15) is 16.8 Å². The van der Waals surface area contributed by atoms with Crippen molar-refractivity contribution in [2.24, 2.45) is 0 Å². The van der Waals surface area contributed by atoms with Crippen LogP contribution in [0.3, 0.4) is 0 Å². The Kier molecular flexibility index (Phi) is 4.72. The van der Waals surface area contributed by atoms with Crippen LogP contribution in [0.25, 0.3) is 0 Å². The molecule has 1 atom stereocenters. The number of piperazine rings is 1. The number of hydrogen-bond acceptors (Lipinski definition) is 5. The molecule has 2 saturated heterocycles. The number of nitrogens with zero attached hydrogens (tertiary/aromatic N) is 2. The molecule has 3 rings (SSSR count). The molecule has 0 spiro atoms. The van der Waals surface area contributed by atoms with E-state index in [2.05, 4.69) is 4.90 Å². The van der Waals surface area contributed by atoms with E-state index in [1.54, 1.807) is 18.2 Å². The van der Waals surface area contributed by atoms with Crippen LogP contribution in [-0.4, -0.2) is 69.8 Å². The first-order valence-electron chi connectivity index (χ1n) is 7.49. The summed E-state index contributed by atoms with van der Waals surface area (Å²) in [6, 6.07) is 6.44. The van der Waals surface area contributed by atoms with Crippen molar-refractivity contribution in [3.8, 4) is 0 Å². The summed E-state index contributed by atoms with van der Waals surface area (Å²) in [5.41, 5.74) is 0. The van der Waals surface area contributed by atoms with Crippen molar-refractivity contribution in [3.05, 3.63) is 29.3 Å². The molecule has 1 aromatic carbocycles. The summed E-state index contributed by atoms with van der Waals surface area (Å²) in [5.74, 6) is 0.417. The van der Waals surface area contributed by atoms with E-state index in [1.807, 2.05) is 0 Å². The van der Waals surface area contributed by atoms with Gasteiger partial charge in [-0.25, -0.2) is 16.8 Å². The van der Waals surface area contributed by atoms with Crippen LogP contribution >= 0.6 is 11.6 Å². The van der Waals surface area contributed by atoms with Gasteiger partial charge in [-0.1, -0.05) is 23.7 Å². The number of rotatable bonds is 3. The lowest BCUT2D eigenvalue weighted by Gasteiger charge is -2.37. The largest absolute Gasteiger partial charge is 0.297 e.